The van der Waals surface area contributed by atoms with E-state index in [-0.39, 0.29) is 0 Å². The van der Waals surface area contributed by atoms with Crippen LogP contribution in [-0.2, 0) is 5.75 Å². The van der Waals surface area contributed by atoms with Crippen molar-refractivity contribution in [3.8, 4) is 0 Å². The summed E-state index contributed by atoms with van der Waals surface area (Å²) in [7, 11) is 0. The molecule has 0 atom stereocenters. The van der Waals surface area contributed by atoms with E-state index in [1.807, 2.05) is 47.0 Å². The molecule has 0 spiro atoms. The molecule has 0 amide bonds. The highest BCUT2D eigenvalue weighted by Gasteiger charge is 2.06. The van der Waals surface area contributed by atoms with Crippen molar-refractivity contribution >= 4 is 23.2 Å². The molecule has 0 saturated carbocycles. The molecule has 0 aliphatic carbocycles. The van der Waals surface area contributed by atoms with E-state index in [9.17, 15) is 0 Å². The van der Waals surface area contributed by atoms with E-state index in [0.29, 0.717) is 0 Å². The second-order valence-electron chi connectivity index (χ2n) is 4.64. The van der Waals surface area contributed by atoms with Crippen molar-refractivity contribution in [2.45, 2.75) is 24.3 Å². The Labute approximate surface area is 127 Å². The van der Waals surface area contributed by atoms with Crippen molar-refractivity contribution in [2.24, 2.45) is 0 Å². The number of hydrogen-bond donors (Lipinski definition) is 1. The molecule has 0 saturated heterocycles. The molecule has 0 bridgehead atoms. The summed E-state index contributed by atoms with van der Waals surface area (Å²) in [6.07, 6.45) is 3.07. The van der Waals surface area contributed by atoms with Crippen LogP contribution in [0.15, 0.2) is 47.8 Å². The Morgan fingerprint density at radius 2 is 2.10 bits per heavy atom. The Morgan fingerprint density at radius 3 is 3.00 bits per heavy atom. The minimum Gasteiger partial charge on any atom is -0.370 e. The van der Waals surface area contributed by atoms with Crippen LogP contribution in [0.4, 0.5) is 5.82 Å². The quantitative estimate of drug-likeness (QED) is 0.708. The van der Waals surface area contributed by atoms with E-state index in [1.165, 1.54) is 0 Å². The maximum absolute atomic E-state index is 4.60. The monoisotopic (exact) mass is 299 g/mol. The summed E-state index contributed by atoms with van der Waals surface area (Å²) in [6.45, 7) is 3.08. The predicted octanol–water partition coefficient (Wildman–Crippen LogP) is 3.24. The van der Waals surface area contributed by atoms with Crippen LogP contribution in [0.3, 0.4) is 0 Å². The van der Waals surface area contributed by atoms with Gasteiger partial charge in [-0.15, -0.1) is 10.2 Å². The van der Waals surface area contributed by atoms with E-state index in [0.717, 1.165) is 41.0 Å². The number of hydrogen-bond acceptors (Lipinski definition) is 5. The molecule has 21 heavy (non-hydrogen) atoms. The highest BCUT2D eigenvalue weighted by Crippen LogP contribution is 2.21. The van der Waals surface area contributed by atoms with E-state index in [1.54, 1.807) is 11.8 Å². The largest absolute Gasteiger partial charge is 0.370 e. The number of fused-ring (bicyclic) bond motifs is 1. The van der Waals surface area contributed by atoms with Gasteiger partial charge in [-0.25, -0.2) is 4.98 Å². The minimum atomic E-state index is 0.775. The van der Waals surface area contributed by atoms with Gasteiger partial charge in [-0.2, -0.15) is 0 Å². The molecule has 6 heteroatoms. The van der Waals surface area contributed by atoms with Gasteiger partial charge in [0, 0.05) is 18.5 Å². The minimum absolute atomic E-state index is 0.775. The zero-order chi connectivity index (χ0) is 14.5. The Morgan fingerprint density at radius 1 is 1.14 bits per heavy atom. The molecule has 0 unspecified atom stereocenters. The lowest BCUT2D eigenvalue weighted by Gasteiger charge is -2.05. The zero-order valence-electron chi connectivity index (χ0n) is 11.9. The molecule has 1 N–H and O–H groups in total. The van der Waals surface area contributed by atoms with Gasteiger partial charge in [-0.3, -0.25) is 4.40 Å². The molecule has 0 radical (unpaired) electrons. The van der Waals surface area contributed by atoms with Crippen LogP contribution in [0.25, 0.3) is 5.65 Å². The highest BCUT2D eigenvalue weighted by molar-refractivity contribution is 7.98. The van der Waals surface area contributed by atoms with Crippen LogP contribution in [0.2, 0.25) is 0 Å². The molecular weight excluding hydrogens is 282 g/mol. The van der Waals surface area contributed by atoms with E-state index in [4.69, 9.17) is 0 Å². The zero-order valence-corrected chi connectivity index (χ0v) is 12.7. The Kier molecular flexibility index (Phi) is 4.35. The fraction of sp³-hybridized carbons (Fsp3) is 0.267. The van der Waals surface area contributed by atoms with Gasteiger partial charge in [0.2, 0.25) is 0 Å². The number of nitrogens with one attached hydrogen (secondary N) is 1. The smallest absolute Gasteiger partial charge is 0.195 e. The van der Waals surface area contributed by atoms with Crippen LogP contribution in [-0.4, -0.2) is 26.1 Å². The van der Waals surface area contributed by atoms with Crippen LogP contribution in [0, 0.1) is 0 Å². The third kappa shape index (κ3) is 3.33. The fourth-order valence-electron chi connectivity index (χ4n) is 1.97. The number of nitrogens with zero attached hydrogens (tertiary/aromatic N) is 4. The Hall–Kier alpha value is -2.08. The first-order chi connectivity index (χ1) is 10.4. The third-order valence-corrected chi connectivity index (χ3v) is 3.97. The number of anilines is 1. The van der Waals surface area contributed by atoms with Gasteiger partial charge in [0.15, 0.2) is 10.8 Å². The van der Waals surface area contributed by atoms with Crippen molar-refractivity contribution in [1.82, 2.24) is 19.6 Å². The first-order valence-corrected chi connectivity index (χ1v) is 7.98. The topological polar surface area (TPSA) is 55.1 Å². The molecule has 3 aromatic heterocycles. The van der Waals surface area contributed by atoms with E-state index >= 15 is 0 Å². The average Bonchev–Trinajstić information content (AvgIpc) is 2.95. The van der Waals surface area contributed by atoms with E-state index in [2.05, 4.69) is 27.4 Å². The maximum Gasteiger partial charge on any atom is 0.195 e. The normalized spacial score (nSPS) is 10.9. The summed E-state index contributed by atoms with van der Waals surface area (Å²) in [4.78, 5) is 4.60. The highest BCUT2D eigenvalue weighted by atomic mass is 32.2. The molecule has 0 fully saturated rings. The van der Waals surface area contributed by atoms with Gasteiger partial charge < -0.3 is 5.32 Å². The fourth-order valence-corrected chi connectivity index (χ4v) is 2.80. The number of rotatable bonds is 6. The standard InChI is InChI=1S/C15H17N5S/c1-2-9-16-13-7-5-6-12(17-13)11-21-15-19-18-14-8-3-4-10-20(14)15/h3-8,10H,2,9,11H2,1H3,(H,16,17). The molecule has 0 aliphatic heterocycles. The summed E-state index contributed by atoms with van der Waals surface area (Å²) in [5, 5.41) is 12.6. The van der Waals surface area contributed by atoms with Crippen LogP contribution >= 0.6 is 11.8 Å². The van der Waals surface area contributed by atoms with Crippen LogP contribution < -0.4 is 5.32 Å². The van der Waals surface area contributed by atoms with Crippen molar-refractivity contribution in [1.29, 1.82) is 0 Å². The Bertz CT molecular complexity index is 725. The number of aromatic nitrogens is 4. The maximum atomic E-state index is 4.60. The molecule has 5 nitrogen and oxygen atoms in total. The second kappa shape index (κ2) is 6.58. The summed E-state index contributed by atoms with van der Waals surface area (Å²) < 4.78 is 1.99. The molecule has 3 rings (SSSR count). The average molecular weight is 299 g/mol. The molecule has 108 valence electrons. The number of thioether (sulfide) groups is 1. The summed E-state index contributed by atoms with van der Waals surface area (Å²) >= 11 is 1.64. The first-order valence-electron chi connectivity index (χ1n) is 6.99. The van der Waals surface area contributed by atoms with Gasteiger partial charge in [0.1, 0.15) is 5.82 Å². The molecular formula is C15H17N5S. The SMILES string of the molecule is CCCNc1cccc(CSc2nnc3ccccn23)n1. The lowest BCUT2D eigenvalue weighted by atomic mass is 10.3. The summed E-state index contributed by atoms with van der Waals surface area (Å²) in [5.41, 5.74) is 1.90. The predicted molar refractivity (Wildman–Crippen MR) is 85.6 cm³/mol. The van der Waals surface area contributed by atoms with Gasteiger partial charge in [-0.1, -0.05) is 30.8 Å². The van der Waals surface area contributed by atoms with Gasteiger partial charge in [0.25, 0.3) is 0 Å². The van der Waals surface area contributed by atoms with E-state index < -0.39 is 0 Å². The molecule has 0 aromatic carbocycles. The second-order valence-corrected chi connectivity index (χ2v) is 5.58. The molecule has 0 aliphatic rings. The van der Waals surface area contributed by atoms with Crippen molar-refractivity contribution in [3.63, 3.8) is 0 Å². The molecule has 3 heterocycles. The lowest BCUT2D eigenvalue weighted by Crippen LogP contribution is -2.02. The summed E-state index contributed by atoms with van der Waals surface area (Å²) in [6, 6.07) is 12.0. The van der Waals surface area contributed by atoms with Crippen molar-refractivity contribution in [2.75, 3.05) is 11.9 Å². The van der Waals surface area contributed by atoms with Crippen LogP contribution in [0.1, 0.15) is 19.0 Å². The summed E-state index contributed by atoms with van der Waals surface area (Å²) in [5.74, 6) is 1.71. The van der Waals surface area contributed by atoms with Gasteiger partial charge in [0.05, 0.1) is 5.69 Å². The number of pyridine rings is 2. The Balaban J connectivity index is 1.70. The van der Waals surface area contributed by atoms with Gasteiger partial charge in [-0.05, 0) is 30.7 Å². The van der Waals surface area contributed by atoms with Crippen molar-refractivity contribution < 1.29 is 0 Å². The molecule has 3 aromatic rings. The van der Waals surface area contributed by atoms with Crippen molar-refractivity contribution in [3.05, 3.63) is 48.3 Å². The van der Waals surface area contributed by atoms with Crippen LogP contribution in [0.5, 0.6) is 0 Å². The van der Waals surface area contributed by atoms with Gasteiger partial charge >= 0.3 is 0 Å². The first kappa shape index (κ1) is 13.9. The lowest BCUT2D eigenvalue weighted by molar-refractivity contribution is 0.919. The third-order valence-electron chi connectivity index (χ3n) is 2.99.